The molecule has 1 saturated heterocycles. The molecule has 0 radical (unpaired) electrons. The van der Waals surface area contributed by atoms with Gasteiger partial charge in [-0.25, -0.2) is 9.18 Å². The zero-order valence-corrected chi connectivity index (χ0v) is 14.6. The quantitative estimate of drug-likeness (QED) is 0.757. The number of nitrogens with zero attached hydrogens (tertiary/aromatic N) is 1. The number of halogens is 2. The van der Waals surface area contributed by atoms with Crippen LogP contribution in [-0.2, 0) is 16.1 Å². The third kappa shape index (κ3) is 4.68. The predicted octanol–water partition coefficient (Wildman–Crippen LogP) is 3.73. The van der Waals surface area contributed by atoms with Gasteiger partial charge in [0.1, 0.15) is 11.4 Å². The van der Waals surface area contributed by atoms with Crippen molar-refractivity contribution in [2.45, 2.75) is 43.9 Å². The number of hydrogen-bond acceptors (Lipinski definition) is 3. The smallest absolute Gasteiger partial charge is 0.410 e. The van der Waals surface area contributed by atoms with Gasteiger partial charge >= 0.3 is 6.09 Å². The molecule has 122 valence electrons. The number of ether oxygens (including phenoxy) is 2. The molecule has 2 atom stereocenters. The summed E-state index contributed by atoms with van der Waals surface area (Å²) in [5.74, 6) is -0.282. The first-order valence-corrected chi connectivity index (χ1v) is 8.15. The Kier molecular flexibility index (Phi) is 5.45. The highest BCUT2D eigenvalue weighted by atomic mass is 79.9. The van der Waals surface area contributed by atoms with E-state index < -0.39 is 5.60 Å². The molecule has 4 nitrogen and oxygen atoms in total. The third-order valence-corrected chi connectivity index (χ3v) is 4.14. The summed E-state index contributed by atoms with van der Waals surface area (Å²) in [7, 11) is 0. The molecular weight excluding hydrogens is 353 g/mol. The monoisotopic (exact) mass is 373 g/mol. The number of benzene rings is 1. The van der Waals surface area contributed by atoms with Gasteiger partial charge in [0.2, 0.25) is 0 Å². The lowest BCUT2D eigenvalue weighted by Crippen LogP contribution is -2.36. The Balaban J connectivity index is 1.89. The second-order valence-corrected chi connectivity index (χ2v) is 7.52. The topological polar surface area (TPSA) is 38.8 Å². The van der Waals surface area contributed by atoms with E-state index in [1.165, 1.54) is 6.07 Å². The molecule has 1 amide bonds. The number of carbonyl (C=O) groups excluding carboxylic acids is 1. The molecule has 0 N–H and O–H groups in total. The third-order valence-electron chi connectivity index (χ3n) is 3.26. The van der Waals surface area contributed by atoms with Crippen LogP contribution in [0, 0.1) is 5.82 Å². The van der Waals surface area contributed by atoms with Gasteiger partial charge in [-0.2, -0.15) is 0 Å². The van der Waals surface area contributed by atoms with Crippen LogP contribution in [0.15, 0.2) is 24.3 Å². The summed E-state index contributed by atoms with van der Waals surface area (Å²) in [6.07, 6.45) is -0.541. The first-order chi connectivity index (χ1) is 10.3. The average Bonchev–Trinajstić information content (AvgIpc) is 2.78. The Bertz CT molecular complexity index is 532. The Morgan fingerprint density at radius 1 is 1.36 bits per heavy atom. The molecule has 1 aromatic carbocycles. The van der Waals surface area contributed by atoms with Crippen molar-refractivity contribution in [2.75, 3.05) is 13.1 Å². The minimum Gasteiger partial charge on any atom is -0.444 e. The standard InChI is InChI=1S/C16H21BrFNO3/c1-16(2,3)22-15(20)19-8-12(17)14(9-19)21-10-11-6-4-5-7-13(11)18/h4-7,12,14H,8-10H2,1-3H3. The van der Waals surface area contributed by atoms with Crippen molar-refractivity contribution in [2.24, 2.45) is 0 Å². The fourth-order valence-electron chi connectivity index (χ4n) is 2.18. The predicted molar refractivity (Wildman–Crippen MR) is 85.5 cm³/mol. The zero-order chi connectivity index (χ0) is 16.3. The summed E-state index contributed by atoms with van der Waals surface area (Å²) < 4.78 is 24.7. The molecular formula is C16H21BrFNO3. The molecule has 0 saturated carbocycles. The molecule has 2 rings (SSSR count). The second kappa shape index (κ2) is 6.96. The Morgan fingerprint density at radius 3 is 2.68 bits per heavy atom. The maximum Gasteiger partial charge on any atom is 0.410 e. The molecule has 2 unspecified atom stereocenters. The first-order valence-electron chi connectivity index (χ1n) is 7.23. The molecule has 0 aliphatic carbocycles. The van der Waals surface area contributed by atoms with E-state index in [1.807, 2.05) is 20.8 Å². The molecule has 1 aliphatic rings. The Hall–Kier alpha value is -1.14. The van der Waals surface area contributed by atoms with Crippen molar-refractivity contribution < 1.29 is 18.7 Å². The van der Waals surface area contributed by atoms with Crippen LogP contribution in [0.3, 0.4) is 0 Å². The normalized spacial score (nSPS) is 22.0. The first kappa shape index (κ1) is 17.2. The number of likely N-dealkylation sites (tertiary alicyclic amines) is 1. The van der Waals surface area contributed by atoms with Gasteiger partial charge < -0.3 is 14.4 Å². The van der Waals surface area contributed by atoms with Gasteiger partial charge in [-0.3, -0.25) is 0 Å². The molecule has 0 bridgehead atoms. The van der Waals surface area contributed by atoms with Gasteiger partial charge in [-0.15, -0.1) is 0 Å². The molecule has 0 spiro atoms. The Labute approximate surface area is 138 Å². The Morgan fingerprint density at radius 2 is 2.05 bits per heavy atom. The second-order valence-electron chi connectivity index (χ2n) is 6.34. The molecule has 1 heterocycles. The van der Waals surface area contributed by atoms with E-state index in [4.69, 9.17) is 9.47 Å². The summed E-state index contributed by atoms with van der Waals surface area (Å²) in [6, 6.07) is 6.52. The highest BCUT2D eigenvalue weighted by molar-refractivity contribution is 9.09. The van der Waals surface area contributed by atoms with Crippen LogP contribution in [0.25, 0.3) is 0 Å². The minimum absolute atomic E-state index is 0.00629. The highest BCUT2D eigenvalue weighted by Crippen LogP contribution is 2.24. The molecule has 22 heavy (non-hydrogen) atoms. The van der Waals surface area contributed by atoms with Crippen LogP contribution < -0.4 is 0 Å². The van der Waals surface area contributed by atoms with E-state index in [-0.39, 0.29) is 29.4 Å². The van der Waals surface area contributed by atoms with Crippen LogP contribution in [0.1, 0.15) is 26.3 Å². The number of alkyl halides is 1. The van der Waals surface area contributed by atoms with E-state index in [1.54, 1.807) is 23.1 Å². The van der Waals surface area contributed by atoms with Gasteiger partial charge in [0.25, 0.3) is 0 Å². The van der Waals surface area contributed by atoms with Crippen molar-refractivity contribution in [3.63, 3.8) is 0 Å². The lowest BCUT2D eigenvalue weighted by Gasteiger charge is -2.24. The summed E-state index contributed by atoms with van der Waals surface area (Å²) in [6.45, 7) is 6.62. The van der Waals surface area contributed by atoms with Crippen molar-refractivity contribution >= 4 is 22.0 Å². The maximum atomic E-state index is 13.6. The molecule has 1 aliphatic heterocycles. The largest absolute Gasteiger partial charge is 0.444 e. The van der Waals surface area contributed by atoms with Gasteiger partial charge in [0.15, 0.2) is 0 Å². The lowest BCUT2D eigenvalue weighted by molar-refractivity contribution is 0.0185. The molecule has 6 heteroatoms. The fourth-order valence-corrected chi connectivity index (χ4v) is 2.85. The minimum atomic E-state index is -0.523. The number of carbonyl (C=O) groups is 1. The number of amides is 1. The summed E-state index contributed by atoms with van der Waals surface area (Å²) >= 11 is 3.52. The number of hydrogen-bond donors (Lipinski definition) is 0. The van der Waals surface area contributed by atoms with E-state index in [0.717, 1.165) is 0 Å². The van der Waals surface area contributed by atoms with Crippen LogP contribution in [-0.4, -0.2) is 40.6 Å². The van der Waals surface area contributed by atoms with Gasteiger partial charge in [-0.05, 0) is 26.8 Å². The number of rotatable bonds is 3. The van der Waals surface area contributed by atoms with Crippen molar-refractivity contribution in [3.8, 4) is 0 Å². The molecule has 1 fully saturated rings. The average molecular weight is 374 g/mol. The summed E-state index contributed by atoms with van der Waals surface area (Å²) in [5.41, 5.74) is -0.0109. The van der Waals surface area contributed by atoms with Crippen molar-refractivity contribution in [1.82, 2.24) is 4.90 Å². The van der Waals surface area contributed by atoms with Crippen molar-refractivity contribution in [1.29, 1.82) is 0 Å². The van der Waals surface area contributed by atoms with Crippen LogP contribution in [0.4, 0.5) is 9.18 Å². The summed E-state index contributed by atoms with van der Waals surface area (Å²) in [5, 5.41) is 0. The van der Waals surface area contributed by atoms with Crippen LogP contribution in [0.5, 0.6) is 0 Å². The van der Waals surface area contributed by atoms with E-state index in [9.17, 15) is 9.18 Å². The lowest BCUT2D eigenvalue weighted by atomic mass is 10.2. The van der Waals surface area contributed by atoms with E-state index >= 15 is 0 Å². The fraction of sp³-hybridized carbons (Fsp3) is 0.562. The highest BCUT2D eigenvalue weighted by Gasteiger charge is 2.36. The van der Waals surface area contributed by atoms with E-state index in [2.05, 4.69) is 15.9 Å². The molecule has 1 aromatic rings. The van der Waals surface area contributed by atoms with Crippen LogP contribution in [0.2, 0.25) is 0 Å². The van der Waals surface area contributed by atoms with Gasteiger partial charge in [-0.1, -0.05) is 34.1 Å². The maximum absolute atomic E-state index is 13.6. The van der Waals surface area contributed by atoms with Gasteiger partial charge in [0.05, 0.1) is 24.1 Å². The zero-order valence-electron chi connectivity index (χ0n) is 13.0. The van der Waals surface area contributed by atoms with Gasteiger partial charge in [0, 0.05) is 12.1 Å². The molecule has 0 aromatic heterocycles. The van der Waals surface area contributed by atoms with Crippen LogP contribution >= 0.6 is 15.9 Å². The SMILES string of the molecule is CC(C)(C)OC(=O)N1CC(Br)C(OCc2ccccc2F)C1. The van der Waals surface area contributed by atoms with E-state index in [0.29, 0.717) is 18.7 Å². The van der Waals surface area contributed by atoms with Crippen molar-refractivity contribution in [3.05, 3.63) is 35.6 Å². The summed E-state index contributed by atoms with van der Waals surface area (Å²) in [4.78, 5) is 13.7.